The summed E-state index contributed by atoms with van der Waals surface area (Å²) in [6.07, 6.45) is 4.40. The van der Waals surface area contributed by atoms with Crippen molar-refractivity contribution in [3.05, 3.63) is 48.5 Å². The third-order valence-electron chi connectivity index (χ3n) is 7.54. The number of nitrogens with zero attached hydrogens (tertiary/aromatic N) is 6. The number of carboxylic acid groups (broad SMARTS) is 1. The molecule has 3 aromatic heterocycles. The molecule has 0 saturated carbocycles. The number of fused-ring (bicyclic) bond motifs is 1. The number of carbonyl (C=O) groups excluding carboxylic acids is 1. The number of hydrogen-bond acceptors (Lipinski definition) is 9. The van der Waals surface area contributed by atoms with Crippen LogP contribution in [0.25, 0.3) is 32.6 Å². The molecule has 2 amide bonds. The maximum Gasteiger partial charge on any atom is 0.321 e. The third kappa shape index (κ3) is 5.57. The first kappa shape index (κ1) is 28.4. The van der Waals surface area contributed by atoms with E-state index in [2.05, 4.69) is 14.9 Å². The first-order chi connectivity index (χ1) is 19.4. The summed E-state index contributed by atoms with van der Waals surface area (Å²) in [7, 11) is 0. The standard InChI is InChI=1S/C29H33N7O4S/c1-5-36(26(30)39)27-34-21-14-17(18-15-31-24(32-16-18)28(2,3)40)13-19(23(21)41-27)20-7-6-8-22(33-20)35-11-9-29(4,10-12-35)25(37)38/h6-8,13-16,40H,5,9-12H2,1-4H3,(H2,30,39)(H,37,38). The van der Waals surface area contributed by atoms with Crippen molar-refractivity contribution in [2.24, 2.45) is 11.1 Å². The topological polar surface area (TPSA) is 159 Å². The Morgan fingerprint density at radius 2 is 1.80 bits per heavy atom. The molecule has 12 heteroatoms. The monoisotopic (exact) mass is 575 g/mol. The van der Waals surface area contributed by atoms with E-state index in [1.165, 1.54) is 16.2 Å². The fourth-order valence-corrected chi connectivity index (χ4v) is 6.00. The van der Waals surface area contributed by atoms with Crippen molar-refractivity contribution in [1.82, 2.24) is 19.9 Å². The lowest BCUT2D eigenvalue weighted by Gasteiger charge is -2.37. The number of benzene rings is 1. The largest absolute Gasteiger partial charge is 0.481 e. The molecule has 4 aromatic rings. The molecule has 1 aromatic carbocycles. The normalized spacial score (nSPS) is 15.2. The van der Waals surface area contributed by atoms with Crippen molar-refractivity contribution in [2.45, 2.75) is 46.1 Å². The van der Waals surface area contributed by atoms with Gasteiger partial charge in [0, 0.05) is 43.2 Å². The van der Waals surface area contributed by atoms with Crippen molar-refractivity contribution in [3.63, 3.8) is 0 Å². The van der Waals surface area contributed by atoms with E-state index in [0.29, 0.717) is 54.6 Å². The SMILES string of the molecule is CCN(C(N)=O)c1nc2cc(-c3cnc(C(C)(C)O)nc3)cc(-c3cccc(N4CCC(C)(C(=O)O)CC4)n3)c2s1. The minimum atomic E-state index is -1.17. The van der Waals surface area contributed by atoms with Crippen LogP contribution in [0.15, 0.2) is 42.7 Å². The highest BCUT2D eigenvalue weighted by Gasteiger charge is 2.37. The van der Waals surface area contributed by atoms with Gasteiger partial charge in [-0.05, 0) is 70.4 Å². The van der Waals surface area contributed by atoms with E-state index in [1.807, 2.05) is 37.3 Å². The number of thiazole rings is 1. The second kappa shape index (κ2) is 10.7. The van der Waals surface area contributed by atoms with Gasteiger partial charge in [-0.1, -0.05) is 17.4 Å². The number of aliphatic hydroxyl groups is 1. The number of aliphatic carboxylic acids is 1. The number of nitrogens with two attached hydrogens (primary N) is 1. The molecule has 4 N–H and O–H groups in total. The van der Waals surface area contributed by atoms with Crippen LogP contribution >= 0.6 is 11.3 Å². The number of aromatic nitrogens is 4. The number of piperidine rings is 1. The van der Waals surface area contributed by atoms with E-state index in [0.717, 1.165) is 27.2 Å². The summed E-state index contributed by atoms with van der Waals surface area (Å²) in [6, 6.07) is 9.12. The molecule has 0 spiro atoms. The zero-order valence-corrected chi connectivity index (χ0v) is 24.3. The highest BCUT2D eigenvalue weighted by atomic mass is 32.1. The van der Waals surface area contributed by atoms with Crippen LogP contribution in [0.4, 0.5) is 15.7 Å². The van der Waals surface area contributed by atoms with Crippen LogP contribution < -0.4 is 15.5 Å². The summed E-state index contributed by atoms with van der Waals surface area (Å²) in [6.45, 7) is 8.45. The number of carboxylic acids is 1. The number of urea groups is 1. The molecule has 0 aliphatic carbocycles. The lowest BCUT2D eigenvalue weighted by molar-refractivity contribution is -0.149. The van der Waals surface area contributed by atoms with Gasteiger partial charge >= 0.3 is 12.0 Å². The lowest BCUT2D eigenvalue weighted by Crippen LogP contribution is -2.43. The highest BCUT2D eigenvalue weighted by Crippen LogP contribution is 2.40. The van der Waals surface area contributed by atoms with Gasteiger partial charge in [-0.15, -0.1) is 0 Å². The van der Waals surface area contributed by atoms with Crippen LogP contribution in [0.5, 0.6) is 0 Å². The van der Waals surface area contributed by atoms with Crippen LogP contribution in [0.2, 0.25) is 0 Å². The van der Waals surface area contributed by atoms with E-state index in [-0.39, 0.29) is 0 Å². The van der Waals surface area contributed by atoms with E-state index in [9.17, 15) is 19.8 Å². The molecule has 1 aliphatic heterocycles. The number of hydrogen-bond donors (Lipinski definition) is 3. The van der Waals surface area contributed by atoms with Gasteiger partial charge < -0.3 is 20.8 Å². The average molecular weight is 576 g/mol. The number of primary amides is 1. The van der Waals surface area contributed by atoms with Crippen molar-refractivity contribution < 1.29 is 19.8 Å². The maximum atomic E-state index is 12.1. The number of anilines is 2. The predicted molar refractivity (Wildman–Crippen MR) is 159 cm³/mol. The van der Waals surface area contributed by atoms with Gasteiger partial charge in [0.05, 0.1) is 21.3 Å². The average Bonchev–Trinajstić information content (AvgIpc) is 3.36. The van der Waals surface area contributed by atoms with Gasteiger partial charge in [0.25, 0.3) is 0 Å². The van der Waals surface area contributed by atoms with Crippen molar-refractivity contribution in [1.29, 1.82) is 0 Å². The Labute approximate surface area is 241 Å². The Hall–Kier alpha value is -4.16. The first-order valence-electron chi connectivity index (χ1n) is 13.4. The zero-order chi connectivity index (χ0) is 29.5. The first-order valence-corrected chi connectivity index (χ1v) is 14.2. The van der Waals surface area contributed by atoms with E-state index < -0.39 is 23.0 Å². The van der Waals surface area contributed by atoms with Crippen LogP contribution in [-0.2, 0) is 10.4 Å². The summed E-state index contributed by atoms with van der Waals surface area (Å²) >= 11 is 1.36. The molecule has 41 heavy (non-hydrogen) atoms. The second-order valence-corrected chi connectivity index (χ2v) is 12.0. The predicted octanol–water partition coefficient (Wildman–Crippen LogP) is 4.64. The molecule has 0 radical (unpaired) electrons. The molecule has 0 atom stereocenters. The Balaban J connectivity index is 1.60. The summed E-state index contributed by atoms with van der Waals surface area (Å²) in [4.78, 5) is 45.8. The smallest absolute Gasteiger partial charge is 0.321 e. The number of pyridine rings is 1. The van der Waals surface area contributed by atoms with E-state index in [1.54, 1.807) is 33.2 Å². The van der Waals surface area contributed by atoms with Crippen molar-refractivity contribution >= 4 is 44.5 Å². The zero-order valence-electron chi connectivity index (χ0n) is 23.5. The molecule has 214 valence electrons. The molecule has 0 bridgehead atoms. The molecule has 5 rings (SSSR count). The second-order valence-electron chi connectivity index (χ2n) is 11.0. The molecule has 4 heterocycles. The van der Waals surface area contributed by atoms with Gasteiger partial charge in [0.15, 0.2) is 11.0 Å². The van der Waals surface area contributed by atoms with Crippen LogP contribution in [0.1, 0.15) is 46.4 Å². The Morgan fingerprint density at radius 1 is 1.12 bits per heavy atom. The summed E-state index contributed by atoms with van der Waals surface area (Å²) in [5.74, 6) is 0.313. The fourth-order valence-electron chi connectivity index (χ4n) is 4.86. The Morgan fingerprint density at radius 3 is 2.39 bits per heavy atom. The van der Waals surface area contributed by atoms with Crippen LogP contribution in [0, 0.1) is 5.41 Å². The van der Waals surface area contributed by atoms with Gasteiger partial charge in [-0.3, -0.25) is 9.69 Å². The summed E-state index contributed by atoms with van der Waals surface area (Å²) < 4.78 is 0.847. The molecule has 1 fully saturated rings. The van der Waals surface area contributed by atoms with E-state index >= 15 is 0 Å². The van der Waals surface area contributed by atoms with Crippen molar-refractivity contribution in [2.75, 3.05) is 29.4 Å². The van der Waals surface area contributed by atoms with Crippen LogP contribution in [0.3, 0.4) is 0 Å². The van der Waals surface area contributed by atoms with Crippen LogP contribution in [-0.4, -0.2) is 61.8 Å². The lowest BCUT2D eigenvalue weighted by atomic mass is 9.80. The molecule has 1 saturated heterocycles. The van der Waals surface area contributed by atoms with Crippen molar-refractivity contribution in [3.8, 4) is 22.4 Å². The molecule has 1 aliphatic rings. The van der Waals surface area contributed by atoms with Gasteiger partial charge in [-0.2, -0.15) is 0 Å². The van der Waals surface area contributed by atoms with Gasteiger partial charge in [0.2, 0.25) is 0 Å². The number of carbonyl (C=O) groups is 2. The maximum absolute atomic E-state index is 12.1. The Kier molecular flexibility index (Phi) is 7.39. The molecule has 11 nitrogen and oxygen atoms in total. The summed E-state index contributed by atoms with van der Waals surface area (Å²) in [5.41, 5.74) is 7.46. The molecular weight excluding hydrogens is 542 g/mol. The number of amides is 2. The molecular formula is C29H33N7O4S. The highest BCUT2D eigenvalue weighted by molar-refractivity contribution is 7.23. The van der Waals surface area contributed by atoms with Gasteiger partial charge in [0.1, 0.15) is 11.4 Å². The third-order valence-corrected chi connectivity index (χ3v) is 8.67. The fraction of sp³-hybridized carbons (Fsp3) is 0.379. The molecule has 0 unspecified atom stereocenters. The minimum Gasteiger partial charge on any atom is -0.481 e. The Bertz CT molecular complexity index is 1610. The van der Waals surface area contributed by atoms with Gasteiger partial charge in [-0.25, -0.2) is 24.7 Å². The minimum absolute atomic E-state index is 0.313. The quantitative estimate of drug-likeness (QED) is 0.285. The number of rotatable bonds is 7. The summed E-state index contributed by atoms with van der Waals surface area (Å²) in [5, 5.41) is 20.4. The van der Waals surface area contributed by atoms with E-state index in [4.69, 9.17) is 15.7 Å².